The van der Waals surface area contributed by atoms with Crippen molar-refractivity contribution < 1.29 is 17.9 Å². The molecule has 0 aromatic heterocycles. The van der Waals surface area contributed by atoms with Crippen molar-refractivity contribution in [1.29, 1.82) is 0 Å². The first-order chi connectivity index (χ1) is 14.6. The predicted octanol–water partition coefficient (Wildman–Crippen LogP) is 9.17. The number of aryl methyl sites for hydroxylation is 2. The Labute approximate surface area is 201 Å². The molecule has 1 atom stereocenters. The van der Waals surface area contributed by atoms with E-state index in [-0.39, 0.29) is 0 Å². The van der Waals surface area contributed by atoms with Gasteiger partial charge in [0, 0.05) is 0 Å². The van der Waals surface area contributed by atoms with Crippen molar-refractivity contribution in [1.82, 2.24) is 0 Å². The molecule has 1 aliphatic carbocycles. The van der Waals surface area contributed by atoms with Crippen LogP contribution >= 0.6 is 0 Å². The molecule has 1 aromatic rings. The van der Waals surface area contributed by atoms with Gasteiger partial charge in [-0.05, 0) is 0 Å². The van der Waals surface area contributed by atoms with Crippen LogP contribution in [-0.4, -0.2) is 8.07 Å². The zero-order chi connectivity index (χ0) is 23.4. The third kappa shape index (κ3) is 4.80. The summed E-state index contributed by atoms with van der Waals surface area (Å²) < 4.78 is 1.93. The van der Waals surface area contributed by atoms with Gasteiger partial charge in [0.1, 0.15) is 0 Å². The van der Waals surface area contributed by atoms with Crippen molar-refractivity contribution in [3.05, 3.63) is 49.9 Å². The summed E-state index contributed by atoms with van der Waals surface area (Å²) in [5, 5.41) is 7.32. The molecule has 0 saturated heterocycles. The van der Waals surface area contributed by atoms with Crippen LogP contribution in [0.25, 0.3) is 0 Å². The zero-order valence-electron chi connectivity index (χ0n) is 22.4. The molecular formula is C29H49SiTi. The van der Waals surface area contributed by atoms with Gasteiger partial charge < -0.3 is 0 Å². The van der Waals surface area contributed by atoms with Crippen LogP contribution in [0, 0.1) is 0 Å². The van der Waals surface area contributed by atoms with Gasteiger partial charge in [-0.2, -0.15) is 0 Å². The molecule has 2 heteroatoms. The molecule has 0 bridgehead atoms. The number of unbranched alkanes of at least 4 members (excludes halogenated alkanes) is 2. The molecule has 1 aliphatic rings. The zero-order valence-corrected chi connectivity index (χ0v) is 25.0. The van der Waals surface area contributed by atoms with E-state index < -0.39 is 25.9 Å². The van der Waals surface area contributed by atoms with Gasteiger partial charge in [0.05, 0.1) is 0 Å². The molecule has 0 saturated carbocycles. The summed E-state index contributed by atoms with van der Waals surface area (Å²) in [4.78, 5) is 0. The van der Waals surface area contributed by atoms with Gasteiger partial charge in [-0.15, -0.1) is 0 Å². The quantitative estimate of drug-likeness (QED) is 0.281. The fourth-order valence-corrected chi connectivity index (χ4v) is 18.8. The summed E-state index contributed by atoms with van der Waals surface area (Å²) in [5.41, 5.74) is 8.15. The van der Waals surface area contributed by atoms with Crippen molar-refractivity contribution in [2.45, 2.75) is 121 Å². The summed E-state index contributed by atoms with van der Waals surface area (Å²) in [6.45, 7) is 19.6. The van der Waals surface area contributed by atoms with Crippen LogP contribution in [0.4, 0.5) is 0 Å². The van der Waals surface area contributed by atoms with E-state index in [1.165, 1.54) is 37.8 Å². The van der Waals surface area contributed by atoms with E-state index in [1.54, 1.807) is 33.0 Å². The molecule has 0 nitrogen and oxygen atoms in total. The van der Waals surface area contributed by atoms with Crippen molar-refractivity contribution >= 4 is 13.3 Å². The second-order valence-electron chi connectivity index (χ2n) is 10.4. The predicted molar refractivity (Wildman–Crippen MR) is 141 cm³/mol. The molecule has 1 aromatic carbocycles. The molecule has 0 fully saturated rings. The van der Waals surface area contributed by atoms with Crippen LogP contribution in [0.3, 0.4) is 0 Å². The average molecular weight is 474 g/mol. The normalized spacial score (nSPS) is 19.5. The van der Waals surface area contributed by atoms with E-state index in [1.807, 2.05) is 3.88 Å². The maximum atomic E-state index is 2.72. The number of hydrogen-bond acceptors (Lipinski definition) is 0. The molecule has 1 unspecified atom stereocenters. The third-order valence-electron chi connectivity index (χ3n) is 8.54. The Morgan fingerprint density at radius 3 is 1.65 bits per heavy atom. The standard InChI is InChI=1S/C27H43Si.2CH3.Ti/c1-9-13-15-28(16-14-10-2,27(8)20-21(5)22(6)23(27)7)26-18-24(11-3)17-25(12-4)19-26;;;/h17-19H,9-16H2,1-8H3;2*1H3;. The average Bonchev–Trinajstić information content (AvgIpc) is 2.94. The maximum absolute atomic E-state index is 2.72. The molecule has 0 spiro atoms. The van der Waals surface area contributed by atoms with Crippen LogP contribution in [0.1, 0.15) is 92.2 Å². The minimum atomic E-state index is -1.85. The Morgan fingerprint density at radius 1 is 0.774 bits per heavy atom. The first-order valence-electron chi connectivity index (χ1n) is 13.0. The molecule has 0 radical (unpaired) electrons. The van der Waals surface area contributed by atoms with Gasteiger partial charge in [0.2, 0.25) is 0 Å². The Hall–Kier alpha value is -0.369. The van der Waals surface area contributed by atoms with Gasteiger partial charge in [0.15, 0.2) is 0 Å². The van der Waals surface area contributed by atoms with Crippen LogP contribution in [-0.2, 0) is 30.7 Å². The topological polar surface area (TPSA) is 0 Å². The molecule has 31 heavy (non-hydrogen) atoms. The van der Waals surface area contributed by atoms with Gasteiger partial charge in [-0.3, -0.25) is 0 Å². The van der Waals surface area contributed by atoms with Crippen LogP contribution < -0.4 is 5.19 Å². The number of benzene rings is 1. The van der Waals surface area contributed by atoms with Crippen molar-refractivity contribution in [3.63, 3.8) is 0 Å². The fraction of sp³-hybridized carbons (Fsp3) is 0.655. The Balaban J connectivity index is 2.94. The fourth-order valence-electron chi connectivity index (χ4n) is 6.49. The van der Waals surface area contributed by atoms with Gasteiger partial charge >= 0.3 is 203 Å². The number of allylic oxidation sites excluding steroid dienone is 4. The SMILES string of the molecule is CCCC[Si](CCCC)(c1cc(CC)cc(CC)c1)C1(C)C(C)=C(C)C(C)=[C]1[Ti]([CH3])[CH3]. The van der Waals surface area contributed by atoms with Gasteiger partial charge in [0.25, 0.3) is 0 Å². The van der Waals surface area contributed by atoms with E-state index in [0.29, 0.717) is 5.04 Å². The van der Waals surface area contributed by atoms with E-state index >= 15 is 0 Å². The molecular weight excluding hydrogens is 424 g/mol. The third-order valence-corrected chi connectivity index (χ3v) is 18.2. The van der Waals surface area contributed by atoms with Crippen molar-refractivity contribution in [2.24, 2.45) is 0 Å². The Kier molecular flexibility index (Phi) is 9.69. The first-order valence-corrected chi connectivity index (χ1v) is 19.3. The van der Waals surface area contributed by atoms with E-state index in [9.17, 15) is 0 Å². The molecule has 2 rings (SSSR count). The summed E-state index contributed by atoms with van der Waals surface area (Å²) in [6.07, 6.45) is 7.69. The summed E-state index contributed by atoms with van der Waals surface area (Å²) in [7, 11) is -1.85. The van der Waals surface area contributed by atoms with Crippen LogP contribution in [0.15, 0.2) is 38.8 Å². The molecule has 0 N–H and O–H groups in total. The molecule has 0 aliphatic heterocycles. The molecule has 0 heterocycles. The Morgan fingerprint density at radius 2 is 1.26 bits per heavy atom. The number of hydrogen-bond donors (Lipinski definition) is 0. The Bertz CT molecular complexity index is 799. The van der Waals surface area contributed by atoms with Gasteiger partial charge in [-0.25, -0.2) is 0 Å². The minimum absolute atomic E-state index is 0.307. The monoisotopic (exact) mass is 473 g/mol. The second kappa shape index (κ2) is 11.2. The van der Waals surface area contributed by atoms with Crippen molar-refractivity contribution in [3.8, 4) is 0 Å². The van der Waals surface area contributed by atoms with Crippen LogP contribution in [0.2, 0.25) is 27.6 Å². The second-order valence-corrected chi connectivity index (χ2v) is 19.1. The summed E-state index contributed by atoms with van der Waals surface area (Å²) in [5.74, 6) is 0. The number of rotatable bonds is 11. The molecule has 0 amide bonds. The van der Waals surface area contributed by atoms with E-state index in [4.69, 9.17) is 0 Å². The van der Waals surface area contributed by atoms with E-state index in [2.05, 4.69) is 84.0 Å². The van der Waals surface area contributed by atoms with E-state index in [0.717, 1.165) is 12.8 Å². The summed E-state index contributed by atoms with van der Waals surface area (Å²) >= 11 is -1.25. The van der Waals surface area contributed by atoms with Crippen LogP contribution in [0.5, 0.6) is 0 Å². The summed E-state index contributed by atoms with van der Waals surface area (Å²) in [6, 6.07) is 10.7. The van der Waals surface area contributed by atoms with Gasteiger partial charge in [-0.1, -0.05) is 0 Å². The molecule has 173 valence electrons. The first kappa shape index (κ1) is 26.9. The van der Waals surface area contributed by atoms with Crippen molar-refractivity contribution in [2.75, 3.05) is 0 Å².